The van der Waals surface area contributed by atoms with Crippen LogP contribution in [0.5, 0.6) is 0 Å². The van der Waals surface area contributed by atoms with E-state index < -0.39 is 0 Å². The van der Waals surface area contributed by atoms with Gasteiger partial charge in [0.2, 0.25) is 0 Å². The molecule has 0 aliphatic carbocycles. The Balaban J connectivity index is 2.34. The molecule has 0 saturated carbocycles. The summed E-state index contributed by atoms with van der Waals surface area (Å²) in [5, 5.41) is 12.4. The summed E-state index contributed by atoms with van der Waals surface area (Å²) in [5.74, 6) is -0.477. The maximum absolute atomic E-state index is 12.1. The summed E-state index contributed by atoms with van der Waals surface area (Å²) in [6.07, 6.45) is 0. The maximum Gasteiger partial charge on any atom is 0.252 e. The minimum atomic E-state index is -0.248. The number of aromatic nitrogens is 1. The van der Waals surface area contributed by atoms with Gasteiger partial charge in [-0.1, -0.05) is 29.8 Å². The van der Waals surface area contributed by atoms with Gasteiger partial charge in [0.15, 0.2) is 0 Å². The third-order valence-electron chi connectivity index (χ3n) is 2.72. The van der Waals surface area contributed by atoms with Crippen LogP contribution in [0, 0.1) is 17.2 Å². The van der Waals surface area contributed by atoms with Crippen LogP contribution in [-0.2, 0) is 0 Å². The minimum Gasteiger partial charge on any atom is -0.351 e. The molecule has 0 radical (unpaired) electrons. The Morgan fingerprint density at radius 3 is 3.00 bits per heavy atom. The number of carbonyl (C=O) groups excluding carboxylic acids is 1. The van der Waals surface area contributed by atoms with Crippen LogP contribution in [0.15, 0.2) is 30.3 Å². The number of para-hydroxylation sites is 1. The molecule has 2 rings (SSSR count). The number of hydrogen-bond acceptors (Lipinski definition) is 3. The van der Waals surface area contributed by atoms with Crippen LogP contribution in [0.4, 0.5) is 0 Å². The number of carbonyl (C=O) groups is 1. The van der Waals surface area contributed by atoms with E-state index in [1.807, 2.05) is 18.2 Å². The smallest absolute Gasteiger partial charge is 0.252 e. The van der Waals surface area contributed by atoms with E-state index in [2.05, 4.69) is 16.4 Å². The lowest BCUT2D eigenvalue weighted by Crippen LogP contribution is -2.28. The maximum atomic E-state index is 12.1. The summed E-state index contributed by atoms with van der Waals surface area (Å²) in [7, 11) is 0. The van der Waals surface area contributed by atoms with Crippen LogP contribution < -0.4 is 5.32 Å². The van der Waals surface area contributed by atoms with Crippen LogP contribution in [0.1, 0.15) is 17.3 Å². The number of rotatable bonds is 3. The van der Waals surface area contributed by atoms with Gasteiger partial charge in [0.25, 0.3) is 5.91 Å². The molecule has 1 heterocycles. The van der Waals surface area contributed by atoms with Crippen molar-refractivity contribution in [1.29, 1.82) is 5.26 Å². The number of nitriles is 1. The average molecular weight is 274 g/mol. The van der Waals surface area contributed by atoms with Crippen LogP contribution in [0.2, 0.25) is 5.15 Å². The molecule has 0 aliphatic heterocycles. The predicted molar refractivity (Wildman–Crippen MR) is 73.9 cm³/mol. The molecule has 1 aromatic heterocycles. The summed E-state index contributed by atoms with van der Waals surface area (Å²) >= 11 is 5.91. The molecule has 96 valence electrons. The fourth-order valence-electron chi connectivity index (χ4n) is 1.72. The third kappa shape index (κ3) is 3.01. The van der Waals surface area contributed by atoms with E-state index in [1.165, 1.54) is 6.07 Å². The fraction of sp³-hybridized carbons (Fsp3) is 0.214. The highest BCUT2D eigenvalue weighted by atomic mass is 35.5. The summed E-state index contributed by atoms with van der Waals surface area (Å²) in [4.78, 5) is 16.3. The van der Waals surface area contributed by atoms with E-state index in [1.54, 1.807) is 13.0 Å². The van der Waals surface area contributed by atoms with E-state index in [9.17, 15) is 4.79 Å². The highest BCUT2D eigenvalue weighted by Gasteiger charge is 2.12. The first-order valence-corrected chi connectivity index (χ1v) is 6.22. The lowest BCUT2D eigenvalue weighted by Gasteiger charge is -2.09. The van der Waals surface area contributed by atoms with Crippen molar-refractivity contribution < 1.29 is 4.79 Å². The highest BCUT2D eigenvalue weighted by molar-refractivity contribution is 6.30. The number of benzene rings is 1. The van der Waals surface area contributed by atoms with Gasteiger partial charge >= 0.3 is 0 Å². The molecule has 0 bridgehead atoms. The number of fused-ring (bicyclic) bond motifs is 1. The zero-order valence-electron chi connectivity index (χ0n) is 10.4. The minimum absolute atomic E-state index is 0.229. The Labute approximate surface area is 116 Å². The molecule has 1 aromatic carbocycles. The zero-order valence-corrected chi connectivity index (χ0v) is 11.1. The normalized spacial score (nSPS) is 11.8. The van der Waals surface area contributed by atoms with Gasteiger partial charge in [-0.2, -0.15) is 5.26 Å². The topological polar surface area (TPSA) is 65.8 Å². The van der Waals surface area contributed by atoms with Crippen molar-refractivity contribution in [2.45, 2.75) is 6.92 Å². The zero-order chi connectivity index (χ0) is 13.8. The Morgan fingerprint density at radius 1 is 1.53 bits per heavy atom. The molecule has 1 N–H and O–H groups in total. The summed E-state index contributed by atoms with van der Waals surface area (Å²) < 4.78 is 0. The van der Waals surface area contributed by atoms with E-state index in [-0.39, 0.29) is 17.0 Å². The predicted octanol–water partition coefficient (Wildman–Crippen LogP) is 2.78. The summed E-state index contributed by atoms with van der Waals surface area (Å²) in [6.45, 7) is 2.06. The Bertz CT molecular complexity index is 663. The molecule has 0 fully saturated rings. The summed E-state index contributed by atoms with van der Waals surface area (Å²) in [5.41, 5.74) is 1.15. The monoisotopic (exact) mass is 273 g/mol. The molecule has 0 aliphatic rings. The Morgan fingerprint density at radius 2 is 2.26 bits per heavy atom. The fourth-order valence-corrected chi connectivity index (χ4v) is 1.92. The molecule has 19 heavy (non-hydrogen) atoms. The van der Waals surface area contributed by atoms with E-state index in [0.29, 0.717) is 17.6 Å². The van der Waals surface area contributed by atoms with Crippen molar-refractivity contribution >= 4 is 28.4 Å². The van der Waals surface area contributed by atoms with E-state index in [4.69, 9.17) is 16.9 Å². The molecular weight excluding hydrogens is 262 g/mol. The first-order valence-electron chi connectivity index (χ1n) is 5.85. The van der Waals surface area contributed by atoms with Gasteiger partial charge in [-0.05, 0) is 19.1 Å². The van der Waals surface area contributed by atoms with Crippen molar-refractivity contribution in [2.24, 2.45) is 5.92 Å². The van der Waals surface area contributed by atoms with Crippen molar-refractivity contribution in [3.05, 3.63) is 41.0 Å². The van der Waals surface area contributed by atoms with Gasteiger partial charge in [-0.15, -0.1) is 0 Å². The molecule has 5 heteroatoms. The molecule has 1 atom stereocenters. The quantitative estimate of drug-likeness (QED) is 0.875. The van der Waals surface area contributed by atoms with Gasteiger partial charge in [-0.3, -0.25) is 4.79 Å². The van der Waals surface area contributed by atoms with Crippen LogP contribution >= 0.6 is 11.6 Å². The van der Waals surface area contributed by atoms with Gasteiger partial charge in [-0.25, -0.2) is 4.98 Å². The second kappa shape index (κ2) is 5.68. The molecule has 2 aromatic rings. The van der Waals surface area contributed by atoms with Crippen molar-refractivity contribution in [2.75, 3.05) is 6.54 Å². The molecular formula is C14H12ClN3O. The van der Waals surface area contributed by atoms with Crippen LogP contribution in [0.3, 0.4) is 0 Å². The van der Waals surface area contributed by atoms with Crippen molar-refractivity contribution in [3.63, 3.8) is 0 Å². The number of nitrogens with one attached hydrogen (secondary N) is 1. The Kier molecular flexibility index (Phi) is 3.98. The lowest BCUT2D eigenvalue weighted by atomic mass is 10.1. The highest BCUT2D eigenvalue weighted by Crippen LogP contribution is 2.20. The number of halogens is 1. The van der Waals surface area contributed by atoms with Crippen molar-refractivity contribution in [1.82, 2.24) is 10.3 Å². The largest absolute Gasteiger partial charge is 0.351 e. The molecule has 1 unspecified atom stereocenters. The van der Waals surface area contributed by atoms with E-state index >= 15 is 0 Å². The van der Waals surface area contributed by atoms with Crippen molar-refractivity contribution in [3.8, 4) is 6.07 Å². The first kappa shape index (κ1) is 13.3. The number of pyridine rings is 1. The summed E-state index contributed by atoms with van der Waals surface area (Å²) in [6, 6.07) is 10.9. The van der Waals surface area contributed by atoms with E-state index in [0.717, 1.165) is 5.39 Å². The first-order chi connectivity index (χ1) is 9.11. The lowest BCUT2D eigenvalue weighted by molar-refractivity contribution is 0.0952. The van der Waals surface area contributed by atoms with Gasteiger partial charge in [0, 0.05) is 11.9 Å². The van der Waals surface area contributed by atoms with Gasteiger partial charge in [0.1, 0.15) is 5.15 Å². The second-order valence-electron chi connectivity index (χ2n) is 4.25. The van der Waals surface area contributed by atoms with Gasteiger partial charge < -0.3 is 5.32 Å². The van der Waals surface area contributed by atoms with Gasteiger partial charge in [0.05, 0.1) is 23.1 Å². The molecule has 4 nitrogen and oxygen atoms in total. The van der Waals surface area contributed by atoms with Crippen LogP contribution in [-0.4, -0.2) is 17.4 Å². The van der Waals surface area contributed by atoms with Crippen LogP contribution in [0.25, 0.3) is 10.9 Å². The number of hydrogen-bond donors (Lipinski definition) is 1. The average Bonchev–Trinajstić information content (AvgIpc) is 2.43. The number of amides is 1. The third-order valence-corrected chi connectivity index (χ3v) is 2.91. The molecule has 1 amide bonds. The second-order valence-corrected chi connectivity index (χ2v) is 4.64. The molecule has 0 spiro atoms. The standard InChI is InChI=1S/C14H12ClN3O/c1-9(7-16)8-17-14(19)11-6-13(15)18-12-5-3-2-4-10(11)12/h2-6,9H,8H2,1H3,(H,17,19). The molecule has 0 saturated heterocycles. The number of nitrogens with zero attached hydrogens (tertiary/aromatic N) is 2. The SMILES string of the molecule is CC(C#N)CNC(=O)c1cc(Cl)nc2ccccc12. The Hall–Kier alpha value is -2.12.